The Labute approximate surface area is 182 Å². The van der Waals surface area contributed by atoms with E-state index in [1.807, 2.05) is 25.3 Å². The van der Waals surface area contributed by atoms with E-state index in [9.17, 15) is 9.90 Å². The number of aryl methyl sites for hydroxylation is 1. The van der Waals surface area contributed by atoms with Crippen molar-refractivity contribution in [1.29, 1.82) is 0 Å². The van der Waals surface area contributed by atoms with E-state index < -0.39 is 5.97 Å². The van der Waals surface area contributed by atoms with Gasteiger partial charge in [0.2, 0.25) is 0 Å². The molecule has 6 heteroatoms. The lowest BCUT2D eigenvalue weighted by Crippen LogP contribution is -2.40. The predicted molar refractivity (Wildman–Crippen MR) is 121 cm³/mol. The fraction of sp³-hybridized carbons (Fsp3) is 0.400. The number of aromatic amines is 1. The monoisotopic (exact) mass is 422 g/mol. The number of nitrogens with zero attached hydrogens (tertiary/aromatic N) is 1. The highest BCUT2D eigenvalue weighted by atomic mass is 16.5. The van der Waals surface area contributed by atoms with Crippen LogP contribution in [0.3, 0.4) is 0 Å². The Bertz CT molecular complexity index is 1070. The SMILES string of the molecule is CCO[C@H]1CCN(Cc2c(OC)cc(C)c3[nH]ccc23)[C@H](c2ccccc2C(=O)O)C1. The summed E-state index contributed by atoms with van der Waals surface area (Å²) in [6.45, 7) is 6.24. The predicted octanol–water partition coefficient (Wildman–Crippen LogP) is 4.93. The third-order valence-corrected chi connectivity index (χ3v) is 6.31. The molecule has 1 aliphatic heterocycles. The van der Waals surface area contributed by atoms with Crippen LogP contribution in [0.25, 0.3) is 10.9 Å². The molecule has 0 radical (unpaired) electrons. The molecule has 2 atom stereocenters. The standard InChI is InChI=1S/C25H30N2O4/c1-4-31-17-10-12-27(22(14-17)18-7-5-6-8-20(18)25(28)29)15-21-19-9-11-26-24(19)16(2)13-23(21)30-3/h5-9,11,13,17,22,26H,4,10,12,14-15H2,1-3H3,(H,28,29)/t17-,22-/m0/s1. The minimum atomic E-state index is -0.893. The molecular formula is C25H30N2O4. The number of aromatic carboxylic acids is 1. The second-order valence-corrected chi connectivity index (χ2v) is 8.12. The number of hydrogen-bond donors (Lipinski definition) is 2. The molecule has 6 nitrogen and oxygen atoms in total. The molecule has 0 saturated carbocycles. The van der Waals surface area contributed by atoms with E-state index in [0.717, 1.165) is 52.7 Å². The molecule has 2 aromatic carbocycles. The number of carbonyl (C=O) groups is 1. The molecule has 1 aromatic heterocycles. The van der Waals surface area contributed by atoms with Gasteiger partial charge in [-0.15, -0.1) is 0 Å². The second-order valence-electron chi connectivity index (χ2n) is 8.12. The third-order valence-electron chi connectivity index (χ3n) is 6.31. The number of likely N-dealkylation sites (tertiary alicyclic amines) is 1. The quantitative estimate of drug-likeness (QED) is 0.565. The molecule has 0 unspecified atom stereocenters. The summed E-state index contributed by atoms with van der Waals surface area (Å²) in [4.78, 5) is 17.6. The highest BCUT2D eigenvalue weighted by Gasteiger charge is 2.33. The highest BCUT2D eigenvalue weighted by Crippen LogP contribution is 2.38. The Morgan fingerprint density at radius 3 is 2.84 bits per heavy atom. The third kappa shape index (κ3) is 4.18. The highest BCUT2D eigenvalue weighted by molar-refractivity contribution is 5.90. The first-order chi connectivity index (χ1) is 15.0. The average Bonchev–Trinajstić information content (AvgIpc) is 3.27. The molecule has 0 aliphatic carbocycles. The molecule has 1 fully saturated rings. The van der Waals surface area contributed by atoms with Crippen molar-refractivity contribution in [3.8, 4) is 5.75 Å². The van der Waals surface area contributed by atoms with Crippen molar-refractivity contribution in [3.63, 3.8) is 0 Å². The lowest BCUT2D eigenvalue weighted by molar-refractivity contribution is -0.0141. The first-order valence-electron chi connectivity index (χ1n) is 10.8. The number of carboxylic acids is 1. The Morgan fingerprint density at radius 2 is 2.10 bits per heavy atom. The molecule has 2 N–H and O–H groups in total. The summed E-state index contributed by atoms with van der Waals surface area (Å²) in [5.74, 6) is -0.0307. The van der Waals surface area contributed by atoms with Gasteiger partial charge in [-0.2, -0.15) is 0 Å². The number of carboxylic acid groups (broad SMARTS) is 1. The van der Waals surface area contributed by atoms with E-state index in [-0.39, 0.29) is 12.1 Å². The van der Waals surface area contributed by atoms with Crippen LogP contribution >= 0.6 is 0 Å². The van der Waals surface area contributed by atoms with Crippen molar-refractivity contribution >= 4 is 16.9 Å². The van der Waals surface area contributed by atoms with Crippen molar-refractivity contribution in [1.82, 2.24) is 9.88 Å². The smallest absolute Gasteiger partial charge is 0.336 e. The molecule has 31 heavy (non-hydrogen) atoms. The molecule has 0 spiro atoms. The minimum absolute atomic E-state index is 0.0439. The van der Waals surface area contributed by atoms with E-state index in [1.165, 1.54) is 0 Å². The summed E-state index contributed by atoms with van der Waals surface area (Å²) in [7, 11) is 1.70. The summed E-state index contributed by atoms with van der Waals surface area (Å²) in [6, 6.07) is 11.4. The molecule has 1 saturated heterocycles. The topological polar surface area (TPSA) is 74.8 Å². The number of methoxy groups -OCH3 is 1. The van der Waals surface area contributed by atoms with Gasteiger partial charge in [0.1, 0.15) is 5.75 Å². The van der Waals surface area contributed by atoms with Gasteiger partial charge >= 0.3 is 5.97 Å². The van der Waals surface area contributed by atoms with Crippen LogP contribution in [0.1, 0.15) is 52.9 Å². The number of hydrogen-bond acceptors (Lipinski definition) is 4. The van der Waals surface area contributed by atoms with Crippen molar-refractivity contribution in [2.75, 3.05) is 20.3 Å². The van der Waals surface area contributed by atoms with Crippen LogP contribution < -0.4 is 4.74 Å². The molecule has 1 aliphatic rings. The summed E-state index contributed by atoms with van der Waals surface area (Å²) < 4.78 is 11.7. The van der Waals surface area contributed by atoms with E-state index in [1.54, 1.807) is 19.2 Å². The zero-order chi connectivity index (χ0) is 22.0. The van der Waals surface area contributed by atoms with Gasteiger partial charge in [0, 0.05) is 48.4 Å². The summed E-state index contributed by atoms with van der Waals surface area (Å²) in [5.41, 5.74) is 4.58. The molecule has 0 bridgehead atoms. The van der Waals surface area contributed by atoms with E-state index in [4.69, 9.17) is 9.47 Å². The van der Waals surface area contributed by atoms with Crippen LogP contribution in [-0.2, 0) is 11.3 Å². The molecule has 0 amide bonds. The Kier molecular flexibility index (Phi) is 6.30. The summed E-state index contributed by atoms with van der Waals surface area (Å²) >= 11 is 0. The molecule has 4 rings (SSSR count). The van der Waals surface area contributed by atoms with Crippen LogP contribution in [-0.4, -0.2) is 47.3 Å². The van der Waals surface area contributed by atoms with Gasteiger partial charge in [-0.05, 0) is 56.0 Å². The van der Waals surface area contributed by atoms with Gasteiger partial charge < -0.3 is 19.6 Å². The minimum Gasteiger partial charge on any atom is -0.496 e. The second kappa shape index (κ2) is 9.12. The summed E-state index contributed by atoms with van der Waals surface area (Å²) in [6.07, 6.45) is 3.77. The lowest BCUT2D eigenvalue weighted by atomic mass is 9.89. The van der Waals surface area contributed by atoms with Gasteiger partial charge in [-0.3, -0.25) is 4.90 Å². The van der Waals surface area contributed by atoms with Crippen LogP contribution in [0, 0.1) is 6.92 Å². The fourth-order valence-corrected chi connectivity index (χ4v) is 4.85. The number of rotatable bonds is 7. The van der Waals surface area contributed by atoms with Crippen molar-refractivity contribution in [2.24, 2.45) is 0 Å². The van der Waals surface area contributed by atoms with Crippen LogP contribution in [0.4, 0.5) is 0 Å². The van der Waals surface area contributed by atoms with Crippen LogP contribution in [0.5, 0.6) is 5.75 Å². The van der Waals surface area contributed by atoms with Gasteiger partial charge in [-0.25, -0.2) is 4.79 Å². The Balaban J connectivity index is 1.75. The molecule has 2 heterocycles. The zero-order valence-corrected chi connectivity index (χ0v) is 18.4. The Hall–Kier alpha value is -2.83. The number of aromatic nitrogens is 1. The fourth-order valence-electron chi connectivity index (χ4n) is 4.85. The number of H-pyrrole nitrogens is 1. The van der Waals surface area contributed by atoms with E-state index >= 15 is 0 Å². The first-order valence-corrected chi connectivity index (χ1v) is 10.8. The molecule has 164 valence electrons. The largest absolute Gasteiger partial charge is 0.496 e. The van der Waals surface area contributed by atoms with Gasteiger partial charge in [-0.1, -0.05) is 18.2 Å². The lowest BCUT2D eigenvalue weighted by Gasteiger charge is -2.40. The normalized spacial score (nSPS) is 19.6. The maximum atomic E-state index is 11.9. The molecular weight excluding hydrogens is 392 g/mol. The number of piperidine rings is 1. The van der Waals surface area contributed by atoms with Crippen molar-refractivity contribution in [3.05, 3.63) is 64.8 Å². The van der Waals surface area contributed by atoms with Crippen LogP contribution in [0.2, 0.25) is 0 Å². The summed E-state index contributed by atoms with van der Waals surface area (Å²) in [5, 5.41) is 10.9. The van der Waals surface area contributed by atoms with Gasteiger partial charge in [0.25, 0.3) is 0 Å². The van der Waals surface area contributed by atoms with Gasteiger partial charge in [0.15, 0.2) is 0 Å². The van der Waals surface area contributed by atoms with Crippen molar-refractivity contribution < 1.29 is 19.4 Å². The first kappa shape index (κ1) is 21.4. The maximum Gasteiger partial charge on any atom is 0.336 e. The van der Waals surface area contributed by atoms with Crippen LogP contribution in [0.15, 0.2) is 42.6 Å². The van der Waals surface area contributed by atoms with Gasteiger partial charge in [0.05, 0.1) is 18.8 Å². The number of ether oxygens (including phenoxy) is 2. The number of fused-ring (bicyclic) bond motifs is 1. The zero-order valence-electron chi connectivity index (χ0n) is 18.4. The Morgan fingerprint density at radius 1 is 1.29 bits per heavy atom. The number of nitrogens with one attached hydrogen (secondary N) is 1. The van der Waals surface area contributed by atoms with E-state index in [0.29, 0.717) is 18.7 Å². The van der Waals surface area contributed by atoms with Crippen molar-refractivity contribution in [2.45, 2.75) is 45.4 Å². The average molecular weight is 423 g/mol. The number of benzene rings is 2. The molecule has 3 aromatic rings. The maximum absolute atomic E-state index is 11.9. The van der Waals surface area contributed by atoms with E-state index in [2.05, 4.69) is 28.9 Å².